The van der Waals surface area contributed by atoms with Gasteiger partial charge in [-0.1, -0.05) is 24.3 Å². The lowest BCUT2D eigenvalue weighted by atomic mass is 9.86. The van der Waals surface area contributed by atoms with Gasteiger partial charge >= 0.3 is 0 Å². The molecule has 0 radical (unpaired) electrons. The van der Waals surface area contributed by atoms with Gasteiger partial charge < -0.3 is 19.4 Å². The predicted molar refractivity (Wildman–Crippen MR) is 135 cm³/mol. The lowest BCUT2D eigenvalue weighted by Gasteiger charge is -2.29. The number of benzene rings is 3. The molecule has 36 heavy (non-hydrogen) atoms. The molecule has 180 valence electrons. The maximum Gasteiger partial charge on any atom is 0.250 e. The molecule has 0 spiro atoms. The second-order valence-electron chi connectivity index (χ2n) is 9.70. The molecule has 6 heteroatoms. The molecular formula is C30H25FN2O3. The SMILES string of the molecule is O=C1C2=C(CCCC2)[C@H](c2c(-c3ccc(F)cc3)[nH]c3ccccc23)N1Cc1ccc2c(c1)OCO2. The first-order chi connectivity index (χ1) is 17.7. The third kappa shape index (κ3) is 3.32. The molecule has 1 amide bonds. The summed E-state index contributed by atoms with van der Waals surface area (Å²) in [5, 5.41) is 1.09. The van der Waals surface area contributed by atoms with E-state index in [-0.39, 0.29) is 24.6 Å². The van der Waals surface area contributed by atoms with Crippen molar-refractivity contribution in [3.63, 3.8) is 0 Å². The molecule has 3 aromatic carbocycles. The van der Waals surface area contributed by atoms with Gasteiger partial charge in [-0.3, -0.25) is 4.79 Å². The normalized spacial score (nSPS) is 18.9. The van der Waals surface area contributed by atoms with Crippen molar-refractivity contribution in [2.75, 3.05) is 6.79 Å². The Morgan fingerprint density at radius 2 is 1.75 bits per heavy atom. The predicted octanol–water partition coefficient (Wildman–Crippen LogP) is 6.66. The molecule has 1 aliphatic carbocycles. The minimum atomic E-state index is -0.269. The topological polar surface area (TPSA) is 54.6 Å². The number of amides is 1. The summed E-state index contributed by atoms with van der Waals surface area (Å²) in [6.45, 7) is 0.686. The number of halogens is 1. The Morgan fingerprint density at radius 3 is 2.64 bits per heavy atom. The van der Waals surface area contributed by atoms with Crippen molar-refractivity contribution in [3.05, 3.63) is 94.8 Å². The van der Waals surface area contributed by atoms with Crippen molar-refractivity contribution in [1.29, 1.82) is 0 Å². The molecule has 3 aliphatic rings. The molecule has 0 saturated heterocycles. The van der Waals surface area contributed by atoms with Crippen LogP contribution in [0.5, 0.6) is 11.5 Å². The molecule has 0 saturated carbocycles. The van der Waals surface area contributed by atoms with Gasteiger partial charge in [0.1, 0.15) is 5.82 Å². The number of carbonyl (C=O) groups is 1. The maximum atomic E-state index is 13.9. The number of ether oxygens (including phenoxy) is 2. The molecule has 3 heterocycles. The van der Waals surface area contributed by atoms with E-state index < -0.39 is 0 Å². The van der Waals surface area contributed by atoms with Crippen LogP contribution in [0.1, 0.15) is 42.9 Å². The fourth-order valence-electron chi connectivity index (χ4n) is 5.97. The zero-order valence-electron chi connectivity index (χ0n) is 19.7. The van der Waals surface area contributed by atoms with Gasteiger partial charge in [-0.25, -0.2) is 4.39 Å². The lowest BCUT2D eigenvalue weighted by molar-refractivity contribution is -0.127. The number of hydrogen-bond acceptors (Lipinski definition) is 3. The summed E-state index contributed by atoms with van der Waals surface area (Å²) in [4.78, 5) is 19.5. The molecule has 4 aromatic rings. The zero-order chi connectivity index (χ0) is 24.2. The van der Waals surface area contributed by atoms with Crippen molar-refractivity contribution in [2.24, 2.45) is 0 Å². The first kappa shape index (κ1) is 21.2. The van der Waals surface area contributed by atoms with E-state index in [2.05, 4.69) is 17.1 Å². The summed E-state index contributed by atoms with van der Waals surface area (Å²) >= 11 is 0. The molecule has 1 aromatic heterocycles. The number of hydrogen-bond donors (Lipinski definition) is 1. The van der Waals surface area contributed by atoms with Crippen LogP contribution < -0.4 is 9.47 Å². The van der Waals surface area contributed by atoms with Gasteiger partial charge in [0, 0.05) is 28.6 Å². The smallest absolute Gasteiger partial charge is 0.250 e. The third-order valence-corrected chi connectivity index (χ3v) is 7.61. The first-order valence-electron chi connectivity index (χ1n) is 12.5. The Labute approximate surface area is 208 Å². The number of H-pyrrole nitrogens is 1. The summed E-state index contributed by atoms with van der Waals surface area (Å²) < 4.78 is 24.9. The number of para-hydroxylation sites is 1. The van der Waals surface area contributed by atoms with E-state index in [1.807, 2.05) is 35.2 Å². The van der Waals surface area contributed by atoms with E-state index in [4.69, 9.17) is 9.47 Å². The molecule has 0 fully saturated rings. The number of carbonyl (C=O) groups excluding carboxylic acids is 1. The average molecular weight is 481 g/mol. The second-order valence-corrected chi connectivity index (χ2v) is 9.70. The highest BCUT2D eigenvalue weighted by Gasteiger charge is 2.42. The lowest BCUT2D eigenvalue weighted by Crippen LogP contribution is -2.30. The number of rotatable bonds is 4. The van der Waals surface area contributed by atoms with Crippen LogP contribution in [-0.2, 0) is 11.3 Å². The van der Waals surface area contributed by atoms with Crippen molar-refractivity contribution in [2.45, 2.75) is 38.3 Å². The van der Waals surface area contributed by atoms with E-state index in [0.717, 1.165) is 70.3 Å². The molecule has 0 unspecified atom stereocenters. The molecule has 2 aliphatic heterocycles. The van der Waals surface area contributed by atoms with Crippen LogP contribution in [0.4, 0.5) is 4.39 Å². The maximum absolute atomic E-state index is 13.9. The van der Waals surface area contributed by atoms with Gasteiger partial charge in [0.15, 0.2) is 11.5 Å². The van der Waals surface area contributed by atoms with Crippen molar-refractivity contribution < 1.29 is 18.7 Å². The number of aromatic nitrogens is 1. The van der Waals surface area contributed by atoms with E-state index in [1.54, 1.807) is 12.1 Å². The number of aromatic amines is 1. The molecular weight excluding hydrogens is 455 g/mol. The van der Waals surface area contributed by atoms with E-state index in [9.17, 15) is 9.18 Å². The fourth-order valence-corrected chi connectivity index (χ4v) is 5.97. The monoisotopic (exact) mass is 480 g/mol. The summed E-state index contributed by atoms with van der Waals surface area (Å²) in [5.41, 5.74) is 7.11. The van der Waals surface area contributed by atoms with Gasteiger partial charge in [0.05, 0.1) is 11.7 Å². The van der Waals surface area contributed by atoms with Crippen LogP contribution in [0.2, 0.25) is 0 Å². The van der Waals surface area contributed by atoms with Crippen molar-refractivity contribution >= 4 is 16.8 Å². The number of nitrogens with one attached hydrogen (secondary N) is 1. The van der Waals surface area contributed by atoms with Crippen molar-refractivity contribution in [3.8, 4) is 22.8 Å². The Balaban J connectivity index is 1.40. The molecule has 1 N–H and O–H groups in total. The van der Waals surface area contributed by atoms with Gasteiger partial charge in [-0.05, 0) is 84.8 Å². The summed E-state index contributed by atoms with van der Waals surface area (Å²) in [7, 11) is 0. The molecule has 7 rings (SSSR count). The van der Waals surface area contributed by atoms with Crippen LogP contribution in [0, 0.1) is 5.82 Å². The van der Waals surface area contributed by atoms with Crippen LogP contribution in [0.3, 0.4) is 0 Å². The van der Waals surface area contributed by atoms with Gasteiger partial charge in [-0.15, -0.1) is 0 Å². The van der Waals surface area contributed by atoms with E-state index >= 15 is 0 Å². The molecule has 5 nitrogen and oxygen atoms in total. The summed E-state index contributed by atoms with van der Waals surface area (Å²) in [6, 6.07) is 20.5. The Morgan fingerprint density at radius 1 is 0.944 bits per heavy atom. The summed E-state index contributed by atoms with van der Waals surface area (Å²) in [5.74, 6) is 1.29. The Kier molecular flexibility index (Phi) is 4.87. The van der Waals surface area contributed by atoms with Crippen LogP contribution in [0.15, 0.2) is 77.9 Å². The standard InChI is InChI=1S/C30H25FN2O3/c31-20-12-10-19(11-13-20)28-27(23-7-3-4-8-24(23)32-28)29-21-5-1-2-6-22(21)30(34)33(29)16-18-9-14-25-26(15-18)36-17-35-25/h3-4,7-15,29,32H,1-2,5-6,16-17H2/t29-/m1/s1. The van der Waals surface area contributed by atoms with Crippen LogP contribution in [0.25, 0.3) is 22.2 Å². The Bertz CT molecular complexity index is 1540. The average Bonchev–Trinajstić information content (AvgIpc) is 3.59. The molecule has 1 atom stereocenters. The zero-order valence-corrected chi connectivity index (χ0v) is 19.7. The highest BCUT2D eigenvalue weighted by Crippen LogP contribution is 2.50. The quantitative estimate of drug-likeness (QED) is 0.356. The van der Waals surface area contributed by atoms with E-state index in [1.165, 1.54) is 17.7 Å². The first-order valence-corrected chi connectivity index (χ1v) is 12.5. The largest absolute Gasteiger partial charge is 0.454 e. The number of nitrogens with zero attached hydrogens (tertiary/aromatic N) is 1. The van der Waals surface area contributed by atoms with Crippen molar-refractivity contribution in [1.82, 2.24) is 9.88 Å². The summed E-state index contributed by atoms with van der Waals surface area (Å²) in [6.07, 6.45) is 3.84. The Hall–Kier alpha value is -4.06. The van der Waals surface area contributed by atoms with Gasteiger partial charge in [0.2, 0.25) is 6.79 Å². The highest BCUT2D eigenvalue weighted by atomic mass is 19.1. The van der Waals surface area contributed by atoms with E-state index in [0.29, 0.717) is 12.3 Å². The minimum Gasteiger partial charge on any atom is -0.454 e. The van der Waals surface area contributed by atoms with Crippen LogP contribution in [-0.4, -0.2) is 22.6 Å². The van der Waals surface area contributed by atoms with Gasteiger partial charge in [-0.2, -0.15) is 0 Å². The van der Waals surface area contributed by atoms with Gasteiger partial charge in [0.25, 0.3) is 5.91 Å². The molecule has 0 bridgehead atoms. The highest BCUT2D eigenvalue weighted by molar-refractivity contribution is 6.00. The second kappa shape index (κ2) is 8.26. The third-order valence-electron chi connectivity index (χ3n) is 7.61. The van der Waals surface area contributed by atoms with Crippen LogP contribution >= 0.6 is 0 Å². The fraction of sp³-hybridized carbons (Fsp3) is 0.233. The number of fused-ring (bicyclic) bond motifs is 2. The minimum absolute atomic E-state index is 0.114.